The number of rotatable bonds is 2. The van der Waals surface area contributed by atoms with Crippen LogP contribution in [0, 0.1) is 5.92 Å². The molecule has 0 unspecified atom stereocenters. The fourth-order valence-electron chi connectivity index (χ4n) is 1.76. The lowest BCUT2D eigenvalue weighted by molar-refractivity contribution is 0.398. The molecule has 0 aliphatic carbocycles. The van der Waals surface area contributed by atoms with Crippen molar-refractivity contribution < 1.29 is 0 Å². The molecule has 1 aromatic rings. The zero-order chi connectivity index (χ0) is 10.1. The van der Waals surface area contributed by atoms with Crippen molar-refractivity contribution in [2.24, 2.45) is 5.92 Å². The van der Waals surface area contributed by atoms with E-state index in [0.29, 0.717) is 0 Å². The molecule has 3 heteroatoms. The maximum Gasteiger partial charge on any atom is 0.0511 e. The number of nitrogens with zero attached hydrogens (tertiary/aromatic N) is 1. The summed E-state index contributed by atoms with van der Waals surface area (Å²) in [6.45, 7) is 4.60. The third kappa shape index (κ3) is 1.91. The number of benzene rings is 1. The Morgan fingerprint density at radius 3 is 2.79 bits per heavy atom. The number of hydrogen-bond donors (Lipinski definition) is 0. The molecule has 1 aromatic carbocycles. The topological polar surface area (TPSA) is 3.24 Å². The summed E-state index contributed by atoms with van der Waals surface area (Å²) in [7, 11) is 0. The predicted molar refractivity (Wildman–Crippen MR) is 65.1 cm³/mol. The van der Waals surface area contributed by atoms with Crippen LogP contribution in [-0.2, 0) is 0 Å². The van der Waals surface area contributed by atoms with E-state index in [0.717, 1.165) is 15.4 Å². The first-order valence-corrected chi connectivity index (χ1v) is 6.07. The second-order valence-corrected chi connectivity index (χ2v) is 5.07. The Bertz CT molecular complexity index is 334. The Kier molecular flexibility index (Phi) is 3.03. The van der Waals surface area contributed by atoms with Crippen LogP contribution in [-0.4, -0.2) is 13.1 Å². The van der Waals surface area contributed by atoms with Gasteiger partial charge in [-0.15, -0.1) is 0 Å². The lowest BCUT2D eigenvalue weighted by Crippen LogP contribution is -2.46. The number of anilines is 1. The van der Waals surface area contributed by atoms with E-state index < -0.39 is 0 Å². The van der Waals surface area contributed by atoms with Crippen molar-refractivity contribution in [1.82, 2.24) is 0 Å². The Hall–Kier alpha value is -0.210. The van der Waals surface area contributed by atoms with E-state index in [1.54, 1.807) is 0 Å². The largest absolute Gasteiger partial charge is 0.370 e. The summed E-state index contributed by atoms with van der Waals surface area (Å²) in [5.74, 6) is 0.873. The van der Waals surface area contributed by atoms with Gasteiger partial charge in [0.25, 0.3) is 0 Å². The zero-order valence-corrected chi connectivity index (χ0v) is 10.5. The molecule has 0 radical (unpaired) electrons. The van der Waals surface area contributed by atoms with E-state index in [-0.39, 0.29) is 0 Å². The van der Waals surface area contributed by atoms with Gasteiger partial charge in [-0.05, 0) is 46.5 Å². The molecule has 76 valence electrons. The van der Waals surface area contributed by atoms with Gasteiger partial charge in [0.2, 0.25) is 0 Å². The molecule has 0 atom stereocenters. The van der Waals surface area contributed by atoms with E-state index in [9.17, 15) is 0 Å². The molecule has 14 heavy (non-hydrogen) atoms. The smallest absolute Gasteiger partial charge is 0.0511 e. The minimum atomic E-state index is 0.785. The summed E-state index contributed by atoms with van der Waals surface area (Å²) in [5.41, 5.74) is 1.26. The van der Waals surface area contributed by atoms with Gasteiger partial charge >= 0.3 is 0 Å². The molecular formula is C11H13BrClN. The third-order valence-electron chi connectivity index (χ3n) is 2.78. The first-order valence-electron chi connectivity index (χ1n) is 4.90. The molecule has 0 amide bonds. The lowest BCUT2D eigenvalue weighted by atomic mass is 9.97. The van der Waals surface area contributed by atoms with Crippen LogP contribution in [0.2, 0.25) is 5.02 Å². The fourth-order valence-corrected chi connectivity index (χ4v) is 2.70. The van der Waals surface area contributed by atoms with Crippen LogP contribution >= 0.6 is 27.5 Å². The first-order chi connectivity index (χ1) is 6.70. The van der Waals surface area contributed by atoms with Gasteiger partial charge in [-0.25, -0.2) is 0 Å². The summed E-state index contributed by atoms with van der Waals surface area (Å²) in [6, 6.07) is 5.98. The molecule has 2 rings (SSSR count). The normalized spacial score (nSPS) is 16.9. The SMILES string of the molecule is CCC1CN(c2ccc(Cl)cc2Br)C1. The van der Waals surface area contributed by atoms with Gasteiger partial charge in [0.05, 0.1) is 5.69 Å². The molecule has 1 saturated heterocycles. The van der Waals surface area contributed by atoms with Gasteiger partial charge in [-0.2, -0.15) is 0 Å². The van der Waals surface area contributed by atoms with Crippen LogP contribution in [0.5, 0.6) is 0 Å². The van der Waals surface area contributed by atoms with Crippen molar-refractivity contribution in [2.45, 2.75) is 13.3 Å². The van der Waals surface area contributed by atoms with Crippen molar-refractivity contribution in [3.05, 3.63) is 27.7 Å². The number of halogens is 2. The van der Waals surface area contributed by atoms with Gasteiger partial charge in [0, 0.05) is 22.6 Å². The summed E-state index contributed by atoms with van der Waals surface area (Å²) in [5, 5.41) is 0.785. The van der Waals surface area contributed by atoms with E-state index in [4.69, 9.17) is 11.6 Å². The van der Waals surface area contributed by atoms with E-state index >= 15 is 0 Å². The van der Waals surface area contributed by atoms with Crippen LogP contribution in [0.3, 0.4) is 0 Å². The molecular weight excluding hydrogens is 261 g/mol. The Morgan fingerprint density at radius 2 is 2.21 bits per heavy atom. The van der Waals surface area contributed by atoms with Gasteiger partial charge in [-0.1, -0.05) is 18.5 Å². The van der Waals surface area contributed by atoms with Crippen molar-refractivity contribution in [3.63, 3.8) is 0 Å². The standard InChI is InChI=1S/C11H13BrClN/c1-2-8-6-14(7-8)11-4-3-9(13)5-10(11)12/h3-5,8H,2,6-7H2,1H3. The molecule has 0 aromatic heterocycles. The average molecular weight is 275 g/mol. The lowest BCUT2D eigenvalue weighted by Gasteiger charge is -2.41. The predicted octanol–water partition coefficient (Wildman–Crippen LogP) is 3.95. The molecule has 0 spiro atoms. The van der Waals surface area contributed by atoms with Crippen molar-refractivity contribution in [3.8, 4) is 0 Å². The van der Waals surface area contributed by atoms with Crippen LogP contribution in [0.1, 0.15) is 13.3 Å². The minimum absolute atomic E-state index is 0.785. The summed E-state index contributed by atoms with van der Waals surface area (Å²) >= 11 is 9.43. The van der Waals surface area contributed by atoms with Gasteiger partial charge in [-0.3, -0.25) is 0 Å². The Balaban J connectivity index is 2.11. The highest BCUT2D eigenvalue weighted by Gasteiger charge is 2.26. The van der Waals surface area contributed by atoms with Crippen LogP contribution in [0.15, 0.2) is 22.7 Å². The quantitative estimate of drug-likeness (QED) is 0.789. The van der Waals surface area contributed by atoms with Crippen LogP contribution in [0.25, 0.3) is 0 Å². The third-order valence-corrected chi connectivity index (χ3v) is 3.66. The van der Waals surface area contributed by atoms with Crippen molar-refractivity contribution >= 4 is 33.2 Å². The van der Waals surface area contributed by atoms with E-state index in [1.807, 2.05) is 12.1 Å². The molecule has 0 saturated carbocycles. The van der Waals surface area contributed by atoms with E-state index in [2.05, 4.69) is 33.8 Å². The second-order valence-electron chi connectivity index (χ2n) is 3.77. The summed E-state index contributed by atoms with van der Waals surface area (Å²) in [4.78, 5) is 2.38. The number of hydrogen-bond acceptors (Lipinski definition) is 1. The highest BCUT2D eigenvalue weighted by molar-refractivity contribution is 9.10. The second kappa shape index (κ2) is 4.11. The summed E-state index contributed by atoms with van der Waals surface area (Å²) in [6.07, 6.45) is 1.28. The van der Waals surface area contributed by atoms with E-state index in [1.165, 1.54) is 25.2 Å². The molecule has 1 aliphatic rings. The molecule has 1 aliphatic heterocycles. The van der Waals surface area contributed by atoms with Gasteiger partial charge in [0.1, 0.15) is 0 Å². The maximum absolute atomic E-state index is 5.89. The van der Waals surface area contributed by atoms with Crippen molar-refractivity contribution in [2.75, 3.05) is 18.0 Å². The zero-order valence-electron chi connectivity index (χ0n) is 8.13. The fraction of sp³-hybridized carbons (Fsp3) is 0.455. The summed E-state index contributed by atoms with van der Waals surface area (Å²) < 4.78 is 1.10. The molecule has 1 nitrogen and oxygen atoms in total. The van der Waals surface area contributed by atoms with Crippen LogP contribution in [0.4, 0.5) is 5.69 Å². The van der Waals surface area contributed by atoms with Gasteiger partial charge < -0.3 is 4.90 Å². The maximum atomic E-state index is 5.89. The molecule has 1 heterocycles. The highest BCUT2D eigenvalue weighted by Crippen LogP contribution is 2.34. The monoisotopic (exact) mass is 273 g/mol. The average Bonchev–Trinajstić information content (AvgIpc) is 2.06. The highest BCUT2D eigenvalue weighted by atomic mass is 79.9. The van der Waals surface area contributed by atoms with Crippen molar-refractivity contribution in [1.29, 1.82) is 0 Å². The Labute approximate surface area is 98.2 Å². The van der Waals surface area contributed by atoms with Crippen LogP contribution < -0.4 is 4.90 Å². The first kappa shape index (κ1) is 10.3. The molecule has 0 N–H and O–H groups in total. The minimum Gasteiger partial charge on any atom is -0.370 e. The van der Waals surface area contributed by atoms with Gasteiger partial charge in [0.15, 0.2) is 0 Å². The molecule has 0 bridgehead atoms. The molecule has 1 fully saturated rings. The Morgan fingerprint density at radius 1 is 1.50 bits per heavy atom.